The van der Waals surface area contributed by atoms with Crippen molar-refractivity contribution in [1.29, 1.82) is 0 Å². The van der Waals surface area contributed by atoms with Crippen molar-refractivity contribution in [2.75, 3.05) is 13.6 Å². The smallest absolute Gasteiger partial charge is 0.0232 e. The van der Waals surface area contributed by atoms with Crippen LogP contribution in [-0.2, 0) is 0 Å². The van der Waals surface area contributed by atoms with Crippen molar-refractivity contribution in [2.45, 2.75) is 19.4 Å². The van der Waals surface area contributed by atoms with E-state index in [0.29, 0.717) is 11.5 Å². The number of rotatable bonds is 0. The lowest BCUT2D eigenvalue weighted by Gasteiger charge is -2.27. The lowest BCUT2D eigenvalue weighted by molar-refractivity contribution is 0.279. The first-order valence-electron chi connectivity index (χ1n) is 4.32. The van der Waals surface area contributed by atoms with Gasteiger partial charge in [0, 0.05) is 11.5 Å². The highest BCUT2D eigenvalue weighted by Crippen LogP contribution is 2.41. The molecule has 0 amide bonds. The molecule has 1 unspecified atom stereocenters. The lowest BCUT2D eigenvalue weighted by atomic mass is 9.83. The number of likely N-dealkylation sites (tertiary alicyclic amines) is 1. The van der Waals surface area contributed by atoms with Gasteiger partial charge in [-0.1, -0.05) is 24.3 Å². The van der Waals surface area contributed by atoms with Crippen molar-refractivity contribution >= 4 is 0 Å². The van der Waals surface area contributed by atoms with Crippen molar-refractivity contribution in [3.05, 3.63) is 24.3 Å². The fourth-order valence-electron chi connectivity index (χ4n) is 2.15. The van der Waals surface area contributed by atoms with Crippen LogP contribution >= 0.6 is 0 Å². The molecule has 0 aromatic carbocycles. The van der Waals surface area contributed by atoms with E-state index < -0.39 is 0 Å². The molecule has 1 aliphatic carbocycles. The third kappa shape index (κ3) is 0.875. The van der Waals surface area contributed by atoms with Crippen molar-refractivity contribution in [1.82, 2.24) is 4.90 Å². The Balaban J connectivity index is 2.28. The molecule has 1 heterocycles. The van der Waals surface area contributed by atoms with E-state index in [9.17, 15) is 0 Å². The molecule has 1 nitrogen and oxygen atoms in total. The largest absolute Gasteiger partial charge is 0.302 e. The van der Waals surface area contributed by atoms with Crippen molar-refractivity contribution in [3.63, 3.8) is 0 Å². The van der Waals surface area contributed by atoms with Gasteiger partial charge in [-0.15, -0.1) is 0 Å². The second kappa shape index (κ2) is 2.21. The molecule has 11 heavy (non-hydrogen) atoms. The van der Waals surface area contributed by atoms with Gasteiger partial charge in [0.1, 0.15) is 0 Å². The average Bonchev–Trinajstić information content (AvgIpc) is 2.56. The van der Waals surface area contributed by atoms with E-state index >= 15 is 0 Å². The molecular weight excluding hydrogens is 134 g/mol. The van der Waals surface area contributed by atoms with Gasteiger partial charge in [0.15, 0.2) is 0 Å². The molecule has 0 radical (unpaired) electrons. The fraction of sp³-hybridized carbons (Fsp3) is 0.600. The quantitative estimate of drug-likeness (QED) is 0.508. The summed E-state index contributed by atoms with van der Waals surface area (Å²) >= 11 is 0. The molecule has 1 spiro atoms. The second-order valence-corrected chi connectivity index (χ2v) is 3.74. The Morgan fingerprint density at radius 1 is 1.36 bits per heavy atom. The molecule has 0 saturated carbocycles. The summed E-state index contributed by atoms with van der Waals surface area (Å²) in [6, 6.07) is 0.678. The molecule has 0 bridgehead atoms. The fourth-order valence-corrected chi connectivity index (χ4v) is 2.15. The molecule has 60 valence electrons. The maximum Gasteiger partial charge on any atom is 0.0232 e. The SMILES string of the molecule is CC1N(C)CCC12C=CC=C2. The monoisotopic (exact) mass is 149 g/mol. The zero-order chi connectivity index (χ0) is 7.90. The minimum atomic E-state index is 0.384. The van der Waals surface area contributed by atoms with Crippen molar-refractivity contribution in [3.8, 4) is 0 Å². The first-order valence-corrected chi connectivity index (χ1v) is 4.32. The van der Waals surface area contributed by atoms with Crippen molar-refractivity contribution in [2.24, 2.45) is 5.41 Å². The van der Waals surface area contributed by atoms with Gasteiger partial charge in [-0.25, -0.2) is 0 Å². The molecule has 0 aromatic heterocycles. The lowest BCUT2D eigenvalue weighted by Crippen LogP contribution is -2.31. The van der Waals surface area contributed by atoms with Crippen LogP contribution in [0.3, 0.4) is 0 Å². The molecule has 1 aliphatic heterocycles. The minimum Gasteiger partial charge on any atom is -0.302 e. The second-order valence-electron chi connectivity index (χ2n) is 3.74. The van der Waals surface area contributed by atoms with Crippen LogP contribution in [0.15, 0.2) is 24.3 Å². The van der Waals surface area contributed by atoms with E-state index in [1.807, 2.05) is 0 Å². The molecule has 2 aliphatic rings. The van der Waals surface area contributed by atoms with Crippen LogP contribution in [0.25, 0.3) is 0 Å². The van der Waals surface area contributed by atoms with Gasteiger partial charge in [0.25, 0.3) is 0 Å². The van der Waals surface area contributed by atoms with Crippen LogP contribution in [-0.4, -0.2) is 24.5 Å². The highest BCUT2D eigenvalue weighted by Gasteiger charge is 2.39. The Kier molecular flexibility index (Phi) is 1.43. The van der Waals surface area contributed by atoms with Crippen LogP contribution < -0.4 is 0 Å². The van der Waals surface area contributed by atoms with E-state index in [0.717, 1.165) is 0 Å². The Labute approximate surface area is 68.4 Å². The summed E-state index contributed by atoms with van der Waals surface area (Å²) in [4.78, 5) is 2.43. The topological polar surface area (TPSA) is 3.24 Å². The summed E-state index contributed by atoms with van der Waals surface area (Å²) in [5, 5.41) is 0. The molecule has 1 saturated heterocycles. The van der Waals surface area contributed by atoms with Crippen LogP contribution in [0, 0.1) is 5.41 Å². The highest BCUT2D eigenvalue weighted by molar-refractivity contribution is 5.29. The van der Waals surface area contributed by atoms with E-state index in [1.54, 1.807) is 0 Å². The molecule has 0 N–H and O–H groups in total. The number of nitrogens with zero attached hydrogens (tertiary/aromatic N) is 1. The van der Waals surface area contributed by atoms with Crippen molar-refractivity contribution < 1.29 is 0 Å². The Morgan fingerprint density at radius 3 is 2.45 bits per heavy atom. The summed E-state index contributed by atoms with van der Waals surface area (Å²) < 4.78 is 0. The van der Waals surface area contributed by atoms with Gasteiger partial charge in [-0.2, -0.15) is 0 Å². The summed E-state index contributed by atoms with van der Waals surface area (Å²) in [6.07, 6.45) is 10.3. The van der Waals surface area contributed by atoms with E-state index in [2.05, 4.69) is 43.2 Å². The van der Waals surface area contributed by atoms with Crippen LogP contribution in [0.1, 0.15) is 13.3 Å². The summed E-state index contributed by atoms with van der Waals surface area (Å²) in [5.41, 5.74) is 0.384. The van der Waals surface area contributed by atoms with Crippen LogP contribution in [0.4, 0.5) is 0 Å². The Hall–Kier alpha value is -0.560. The van der Waals surface area contributed by atoms with Gasteiger partial charge in [0.05, 0.1) is 0 Å². The molecule has 1 fully saturated rings. The third-order valence-corrected chi connectivity index (χ3v) is 3.26. The van der Waals surface area contributed by atoms with Gasteiger partial charge in [-0.3, -0.25) is 0 Å². The Bertz CT molecular complexity index is 203. The standard InChI is InChI=1S/C10H15N/c1-9-10(5-3-4-6-10)7-8-11(9)2/h3-6,9H,7-8H2,1-2H3. The minimum absolute atomic E-state index is 0.384. The summed E-state index contributed by atoms with van der Waals surface area (Å²) in [7, 11) is 2.21. The molecule has 0 aromatic rings. The zero-order valence-electron chi connectivity index (χ0n) is 7.25. The molecular formula is C10H15N. The number of allylic oxidation sites excluding steroid dienone is 2. The predicted molar refractivity (Wildman–Crippen MR) is 47.4 cm³/mol. The van der Waals surface area contributed by atoms with E-state index in [4.69, 9.17) is 0 Å². The Morgan fingerprint density at radius 2 is 2.00 bits per heavy atom. The van der Waals surface area contributed by atoms with Crippen LogP contribution in [0.5, 0.6) is 0 Å². The summed E-state index contributed by atoms with van der Waals surface area (Å²) in [6.45, 7) is 3.54. The maximum atomic E-state index is 2.43. The third-order valence-electron chi connectivity index (χ3n) is 3.26. The summed E-state index contributed by atoms with van der Waals surface area (Å²) in [5.74, 6) is 0. The molecule has 2 rings (SSSR count). The van der Waals surface area contributed by atoms with E-state index in [1.165, 1.54) is 13.0 Å². The van der Waals surface area contributed by atoms with Gasteiger partial charge < -0.3 is 4.90 Å². The first kappa shape index (κ1) is 7.11. The zero-order valence-corrected chi connectivity index (χ0v) is 7.25. The molecule has 1 heteroatoms. The van der Waals surface area contributed by atoms with Crippen LogP contribution in [0.2, 0.25) is 0 Å². The van der Waals surface area contributed by atoms with Gasteiger partial charge in [0.2, 0.25) is 0 Å². The average molecular weight is 149 g/mol. The molecule has 1 atom stereocenters. The first-order chi connectivity index (χ1) is 5.25. The number of hydrogen-bond donors (Lipinski definition) is 0. The van der Waals surface area contributed by atoms with Gasteiger partial charge >= 0.3 is 0 Å². The predicted octanol–water partition coefficient (Wildman–Crippen LogP) is 1.82. The maximum absolute atomic E-state index is 2.43. The number of hydrogen-bond acceptors (Lipinski definition) is 1. The van der Waals surface area contributed by atoms with E-state index in [-0.39, 0.29) is 0 Å². The van der Waals surface area contributed by atoms with Gasteiger partial charge in [-0.05, 0) is 26.9 Å². The highest BCUT2D eigenvalue weighted by atomic mass is 15.2. The normalized spacial score (nSPS) is 34.2.